The number of phenolic OH excluding ortho intramolecular Hbond substituents is 1. The van der Waals surface area contributed by atoms with Gasteiger partial charge in [-0.2, -0.15) is 0 Å². The third-order valence-electron chi connectivity index (χ3n) is 4.26. The van der Waals surface area contributed by atoms with Crippen LogP contribution in [0.1, 0.15) is 27.7 Å². The number of amides is 1. The van der Waals surface area contributed by atoms with Crippen molar-refractivity contribution in [3.63, 3.8) is 0 Å². The smallest absolute Gasteiger partial charge is 0.224 e. The number of aromatic hydroxyl groups is 1. The number of aryl methyl sites for hydroxylation is 1. The predicted octanol–water partition coefficient (Wildman–Crippen LogP) is 3.20. The van der Waals surface area contributed by atoms with Crippen LogP contribution in [0.25, 0.3) is 0 Å². The molecule has 1 aliphatic carbocycles. The minimum absolute atomic E-state index is 0.0367. The second-order valence-electron chi connectivity index (χ2n) is 5.96. The van der Waals surface area contributed by atoms with Crippen molar-refractivity contribution in [2.24, 2.45) is 5.92 Å². The van der Waals surface area contributed by atoms with E-state index in [-0.39, 0.29) is 17.6 Å². The number of ether oxygens (including phenoxy) is 2. The van der Waals surface area contributed by atoms with E-state index in [1.165, 1.54) is 24.0 Å². The van der Waals surface area contributed by atoms with Crippen molar-refractivity contribution in [2.75, 3.05) is 14.2 Å². The molecule has 0 spiro atoms. The largest absolute Gasteiger partial charge is 0.502 e. The number of benzene rings is 1. The summed E-state index contributed by atoms with van der Waals surface area (Å²) in [4.78, 5) is 14.9. The predicted molar refractivity (Wildman–Crippen MR) is 93.0 cm³/mol. The van der Waals surface area contributed by atoms with Crippen molar-refractivity contribution in [3.8, 4) is 17.2 Å². The average molecular weight is 347 g/mol. The molecule has 0 radical (unpaired) electrons. The van der Waals surface area contributed by atoms with Crippen molar-refractivity contribution in [3.05, 3.63) is 39.6 Å². The van der Waals surface area contributed by atoms with Crippen LogP contribution in [0.4, 0.5) is 0 Å². The van der Waals surface area contributed by atoms with Crippen LogP contribution in [0.2, 0.25) is 0 Å². The van der Waals surface area contributed by atoms with E-state index >= 15 is 0 Å². The van der Waals surface area contributed by atoms with Gasteiger partial charge in [0, 0.05) is 28.1 Å². The highest BCUT2D eigenvalue weighted by Gasteiger charge is 2.44. The minimum Gasteiger partial charge on any atom is -0.502 e. The van der Waals surface area contributed by atoms with E-state index in [1.807, 2.05) is 0 Å². The van der Waals surface area contributed by atoms with E-state index in [4.69, 9.17) is 9.47 Å². The summed E-state index contributed by atoms with van der Waals surface area (Å²) in [6.07, 6.45) is 0.911. The third kappa shape index (κ3) is 3.33. The number of hydrogen-bond donors (Lipinski definition) is 2. The summed E-state index contributed by atoms with van der Waals surface area (Å²) >= 11 is 1.76. The van der Waals surface area contributed by atoms with Crippen LogP contribution in [0.15, 0.2) is 24.3 Å². The molecule has 1 saturated carbocycles. The lowest BCUT2D eigenvalue weighted by Gasteiger charge is -2.12. The van der Waals surface area contributed by atoms with Gasteiger partial charge in [0.15, 0.2) is 11.5 Å². The van der Waals surface area contributed by atoms with Crippen molar-refractivity contribution < 1.29 is 19.4 Å². The number of hydrogen-bond acceptors (Lipinski definition) is 5. The van der Waals surface area contributed by atoms with E-state index in [0.717, 1.165) is 12.0 Å². The molecule has 2 N–H and O–H groups in total. The number of thiophene rings is 1. The van der Waals surface area contributed by atoms with Gasteiger partial charge in [-0.1, -0.05) is 0 Å². The first-order valence-corrected chi connectivity index (χ1v) is 8.63. The van der Waals surface area contributed by atoms with E-state index in [2.05, 4.69) is 24.4 Å². The van der Waals surface area contributed by atoms with Gasteiger partial charge in [0.25, 0.3) is 0 Å². The second kappa shape index (κ2) is 6.73. The fraction of sp³-hybridized carbons (Fsp3) is 0.389. The fourth-order valence-electron chi connectivity index (χ4n) is 2.82. The molecule has 5 nitrogen and oxygen atoms in total. The van der Waals surface area contributed by atoms with E-state index in [1.54, 1.807) is 23.5 Å². The maximum absolute atomic E-state index is 12.3. The Balaban J connectivity index is 1.61. The standard InChI is InChI=1S/C18H21NO4S/c1-10-4-5-16(24-10)12-8-13(12)18(21)19-9-11-6-14(22-2)17(20)15(7-11)23-3/h4-7,12-13,20H,8-9H2,1-3H3,(H,19,21)/t12-,13+/m0/s1. The lowest BCUT2D eigenvalue weighted by molar-refractivity contribution is -0.122. The highest BCUT2D eigenvalue weighted by atomic mass is 32.1. The Kier molecular flexibility index (Phi) is 4.66. The molecule has 0 unspecified atom stereocenters. The third-order valence-corrected chi connectivity index (χ3v) is 5.39. The normalized spacial score (nSPS) is 19.0. The summed E-state index contributed by atoms with van der Waals surface area (Å²) in [6, 6.07) is 7.62. The van der Waals surface area contributed by atoms with Gasteiger partial charge < -0.3 is 19.9 Å². The van der Waals surface area contributed by atoms with E-state index in [9.17, 15) is 9.90 Å². The molecule has 2 aromatic rings. The molecule has 1 aromatic carbocycles. The summed E-state index contributed by atoms with van der Waals surface area (Å²) in [5.74, 6) is 1.10. The number of carbonyl (C=O) groups is 1. The Bertz CT molecular complexity index is 730. The first-order valence-electron chi connectivity index (χ1n) is 7.81. The summed E-state index contributed by atoms with van der Waals surface area (Å²) in [6.45, 7) is 2.45. The van der Waals surface area contributed by atoms with Gasteiger partial charge in [0.1, 0.15) is 0 Å². The first-order chi connectivity index (χ1) is 11.5. The van der Waals surface area contributed by atoms with Crippen molar-refractivity contribution >= 4 is 17.2 Å². The molecule has 6 heteroatoms. The van der Waals surface area contributed by atoms with Crippen molar-refractivity contribution in [1.82, 2.24) is 5.32 Å². The zero-order valence-electron chi connectivity index (χ0n) is 14.0. The molecule has 0 bridgehead atoms. The Morgan fingerprint density at radius 2 is 1.96 bits per heavy atom. The minimum atomic E-state index is -0.0367. The van der Waals surface area contributed by atoms with Crippen LogP contribution < -0.4 is 14.8 Å². The van der Waals surface area contributed by atoms with Gasteiger partial charge in [-0.3, -0.25) is 4.79 Å². The Morgan fingerprint density at radius 3 is 2.50 bits per heavy atom. The van der Waals surface area contributed by atoms with Gasteiger partial charge in [-0.25, -0.2) is 0 Å². The molecule has 24 heavy (non-hydrogen) atoms. The molecular formula is C18H21NO4S. The number of methoxy groups -OCH3 is 2. The summed E-state index contributed by atoms with van der Waals surface area (Å²) in [5.41, 5.74) is 0.819. The average Bonchev–Trinajstić information content (AvgIpc) is 3.27. The lowest BCUT2D eigenvalue weighted by Crippen LogP contribution is -2.24. The second-order valence-corrected chi connectivity index (χ2v) is 7.28. The highest BCUT2D eigenvalue weighted by Crippen LogP contribution is 2.49. The maximum Gasteiger partial charge on any atom is 0.224 e. The molecule has 0 saturated heterocycles. The van der Waals surface area contributed by atoms with Gasteiger partial charge in [-0.05, 0) is 43.2 Å². The van der Waals surface area contributed by atoms with E-state index in [0.29, 0.717) is 24.0 Å². The van der Waals surface area contributed by atoms with Crippen LogP contribution in [0.3, 0.4) is 0 Å². The zero-order valence-corrected chi connectivity index (χ0v) is 14.8. The van der Waals surface area contributed by atoms with Crippen LogP contribution in [0, 0.1) is 12.8 Å². The number of nitrogens with one attached hydrogen (secondary N) is 1. The summed E-state index contributed by atoms with van der Waals surface area (Å²) < 4.78 is 10.3. The Morgan fingerprint density at radius 1 is 1.29 bits per heavy atom. The summed E-state index contributed by atoms with van der Waals surface area (Å²) in [5, 5.41) is 12.9. The highest BCUT2D eigenvalue weighted by molar-refractivity contribution is 7.12. The Hall–Kier alpha value is -2.21. The van der Waals surface area contributed by atoms with Crippen LogP contribution in [0.5, 0.6) is 17.2 Å². The van der Waals surface area contributed by atoms with Gasteiger partial charge in [0.05, 0.1) is 14.2 Å². The van der Waals surface area contributed by atoms with Crippen LogP contribution >= 0.6 is 11.3 Å². The van der Waals surface area contributed by atoms with Gasteiger partial charge >= 0.3 is 0 Å². The van der Waals surface area contributed by atoms with Crippen LogP contribution in [-0.4, -0.2) is 25.2 Å². The lowest BCUT2D eigenvalue weighted by atomic mass is 10.1. The fourth-order valence-corrected chi connectivity index (χ4v) is 3.88. The molecule has 2 atom stereocenters. The first kappa shape index (κ1) is 16.6. The van der Waals surface area contributed by atoms with E-state index < -0.39 is 0 Å². The molecule has 1 fully saturated rings. The molecule has 1 heterocycles. The zero-order chi connectivity index (χ0) is 17.3. The molecule has 1 aromatic heterocycles. The SMILES string of the molecule is COc1cc(CNC(=O)[C@@H]2C[C@@H]2c2ccc(C)s2)cc(OC)c1O. The maximum atomic E-state index is 12.3. The van der Waals surface area contributed by atoms with Gasteiger partial charge in [-0.15, -0.1) is 11.3 Å². The van der Waals surface area contributed by atoms with Gasteiger partial charge in [0.2, 0.25) is 11.7 Å². The Labute approximate surface area is 145 Å². The molecule has 1 aliphatic rings. The molecule has 0 aliphatic heterocycles. The monoisotopic (exact) mass is 347 g/mol. The summed E-state index contributed by atoms with van der Waals surface area (Å²) in [7, 11) is 2.96. The molecule has 3 rings (SSSR count). The number of phenols is 1. The number of rotatable bonds is 6. The van der Waals surface area contributed by atoms with Crippen LogP contribution in [-0.2, 0) is 11.3 Å². The molecule has 128 valence electrons. The van der Waals surface area contributed by atoms with Crippen molar-refractivity contribution in [1.29, 1.82) is 0 Å². The molecular weight excluding hydrogens is 326 g/mol. The van der Waals surface area contributed by atoms with Crippen molar-refractivity contribution in [2.45, 2.75) is 25.8 Å². The molecule has 1 amide bonds. The number of carbonyl (C=O) groups excluding carboxylic acids is 1. The topological polar surface area (TPSA) is 67.8 Å². The quantitative estimate of drug-likeness (QED) is 0.842.